The highest BCUT2D eigenvalue weighted by molar-refractivity contribution is 5.94. The van der Waals surface area contributed by atoms with E-state index in [0.29, 0.717) is 18.7 Å². The second-order valence-electron chi connectivity index (χ2n) is 6.64. The number of aromatic amines is 1. The van der Waals surface area contributed by atoms with Crippen molar-refractivity contribution in [3.05, 3.63) is 95.8 Å². The number of H-pyrrole nitrogens is 1. The van der Waals surface area contributed by atoms with Gasteiger partial charge in [-0.25, -0.2) is 4.98 Å². The van der Waals surface area contributed by atoms with E-state index in [1.165, 1.54) is 16.5 Å². The Morgan fingerprint density at radius 1 is 0.964 bits per heavy atom. The number of carbonyl (C=O) groups is 1. The summed E-state index contributed by atoms with van der Waals surface area (Å²) >= 11 is 0. The summed E-state index contributed by atoms with van der Waals surface area (Å²) in [5, 5.41) is 7.43. The molecule has 0 saturated heterocycles. The third kappa shape index (κ3) is 4.20. The molecular formula is C23H22N4O. The van der Waals surface area contributed by atoms with E-state index in [1.54, 1.807) is 12.3 Å². The van der Waals surface area contributed by atoms with Gasteiger partial charge in [-0.05, 0) is 35.7 Å². The molecule has 1 amide bonds. The molecule has 0 saturated carbocycles. The van der Waals surface area contributed by atoms with E-state index >= 15 is 0 Å². The fourth-order valence-electron chi connectivity index (χ4n) is 3.17. The van der Waals surface area contributed by atoms with Crippen LogP contribution >= 0.6 is 0 Å². The van der Waals surface area contributed by atoms with Crippen LogP contribution in [0.5, 0.6) is 0 Å². The van der Waals surface area contributed by atoms with E-state index in [4.69, 9.17) is 0 Å². The zero-order valence-electron chi connectivity index (χ0n) is 15.5. The molecule has 2 aromatic carbocycles. The smallest absolute Gasteiger partial charge is 0.252 e. The van der Waals surface area contributed by atoms with Crippen LogP contribution in [0.1, 0.15) is 21.5 Å². The molecule has 0 atom stereocenters. The molecular weight excluding hydrogens is 348 g/mol. The van der Waals surface area contributed by atoms with Gasteiger partial charge in [-0.3, -0.25) is 4.79 Å². The van der Waals surface area contributed by atoms with Gasteiger partial charge < -0.3 is 15.6 Å². The number of aromatic nitrogens is 2. The SMILES string of the molecule is O=C(NCCc1c[nH]c2ccccc12)c1ccc(NCc2ccccc2)nc1. The first kappa shape index (κ1) is 17.8. The number of para-hydroxylation sites is 1. The van der Waals surface area contributed by atoms with Crippen molar-refractivity contribution >= 4 is 22.6 Å². The van der Waals surface area contributed by atoms with Crippen LogP contribution in [-0.4, -0.2) is 22.4 Å². The average molecular weight is 370 g/mol. The highest BCUT2D eigenvalue weighted by Crippen LogP contribution is 2.17. The lowest BCUT2D eigenvalue weighted by molar-refractivity contribution is 0.0954. The summed E-state index contributed by atoms with van der Waals surface area (Å²) in [4.78, 5) is 19.9. The lowest BCUT2D eigenvalue weighted by atomic mass is 10.1. The highest BCUT2D eigenvalue weighted by Gasteiger charge is 2.07. The van der Waals surface area contributed by atoms with Crippen molar-refractivity contribution in [2.24, 2.45) is 0 Å². The van der Waals surface area contributed by atoms with Crippen LogP contribution in [0.2, 0.25) is 0 Å². The van der Waals surface area contributed by atoms with Crippen molar-refractivity contribution in [2.45, 2.75) is 13.0 Å². The molecule has 4 aromatic rings. The van der Waals surface area contributed by atoms with Gasteiger partial charge in [-0.1, -0.05) is 48.5 Å². The molecule has 3 N–H and O–H groups in total. The van der Waals surface area contributed by atoms with E-state index in [1.807, 2.05) is 42.6 Å². The van der Waals surface area contributed by atoms with E-state index in [0.717, 1.165) is 17.8 Å². The monoisotopic (exact) mass is 370 g/mol. The van der Waals surface area contributed by atoms with E-state index in [2.05, 4.69) is 44.9 Å². The molecule has 0 radical (unpaired) electrons. The van der Waals surface area contributed by atoms with Gasteiger partial charge in [0.25, 0.3) is 5.91 Å². The van der Waals surface area contributed by atoms with Gasteiger partial charge in [0.15, 0.2) is 0 Å². The molecule has 5 heteroatoms. The molecule has 2 aromatic heterocycles. The summed E-state index contributed by atoms with van der Waals surface area (Å²) in [7, 11) is 0. The summed E-state index contributed by atoms with van der Waals surface area (Å²) < 4.78 is 0. The molecule has 0 unspecified atom stereocenters. The Hall–Kier alpha value is -3.60. The molecule has 140 valence electrons. The lowest BCUT2D eigenvalue weighted by Gasteiger charge is -2.07. The number of amides is 1. The maximum absolute atomic E-state index is 12.3. The van der Waals surface area contributed by atoms with Crippen LogP contribution in [-0.2, 0) is 13.0 Å². The molecule has 2 heterocycles. The first-order valence-electron chi connectivity index (χ1n) is 9.36. The Morgan fingerprint density at radius 3 is 2.61 bits per heavy atom. The quantitative estimate of drug-likeness (QED) is 0.458. The van der Waals surface area contributed by atoms with Gasteiger partial charge in [-0.2, -0.15) is 0 Å². The van der Waals surface area contributed by atoms with Gasteiger partial charge in [0.05, 0.1) is 5.56 Å². The largest absolute Gasteiger partial charge is 0.366 e. The number of carbonyl (C=O) groups excluding carboxylic acids is 1. The van der Waals surface area contributed by atoms with Crippen molar-refractivity contribution in [1.82, 2.24) is 15.3 Å². The first-order chi connectivity index (χ1) is 13.8. The highest BCUT2D eigenvalue weighted by atomic mass is 16.1. The fraction of sp³-hybridized carbons (Fsp3) is 0.130. The van der Waals surface area contributed by atoms with Crippen molar-refractivity contribution in [1.29, 1.82) is 0 Å². The van der Waals surface area contributed by atoms with Crippen LogP contribution in [0.3, 0.4) is 0 Å². The zero-order valence-corrected chi connectivity index (χ0v) is 15.5. The normalized spacial score (nSPS) is 10.7. The molecule has 0 aliphatic rings. The Bertz CT molecular complexity index is 1050. The minimum Gasteiger partial charge on any atom is -0.366 e. The Morgan fingerprint density at radius 2 is 1.79 bits per heavy atom. The number of pyridine rings is 1. The van der Waals surface area contributed by atoms with Crippen LogP contribution in [0, 0.1) is 0 Å². The van der Waals surface area contributed by atoms with E-state index in [-0.39, 0.29) is 5.91 Å². The maximum Gasteiger partial charge on any atom is 0.252 e. The van der Waals surface area contributed by atoms with Crippen molar-refractivity contribution in [2.75, 3.05) is 11.9 Å². The van der Waals surface area contributed by atoms with Crippen LogP contribution in [0.4, 0.5) is 5.82 Å². The number of fused-ring (bicyclic) bond motifs is 1. The molecule has 0 fully saturated rings. The molecule has 5 nitrogen and oxygen atoms in total. The van der Waals surface area contributed by atoms with Crippen molar-refractivity contribution in [3.63, 3.8) is 0 Å². The summed E-state index contributed by atoms with van der Waals surface area (Å²) in [5.74, 6) is 0.640. The summed E-state index contributed by atoms with van der Waals surface area (Å²) in [6, 6.07) is 21.9. The van der Waals surface area contributed by atoms with E-state index in [9.17, 15) is 4.79 Å². The van der Waals surface area contributed by atoms with Crippen LogP contribution in [0.25, 0.3) is 10.9 Å². The molecule has 28 heavy (non-hydrogen) atoms. The van der Waals surface area contributed by atoms with Gasteiger partial charge in [0.2, 0.25) is 0 Å². The molecule has 0 aliphatic heterocycles. The number of hydrogen-bond donors (Lipinski definition) is 3. The maximum atomic E-state index is 12.3. The minimum absolute atomic E-state index is 0.109. The third-order valence-corrected chi connectivity index (χ3v) is 4.70. The Kier molecular flexibility index (Phi) is 5.33. The predicted octanol–water partition coefficient (Wildman–Crippen LogP) is 4.15. The number of hydrogen-bond acceptors (Lipinski definition) is 3. The minimum atomic E-state index is -0.109. The lowest BCUT2D eigenvalue weighted by Crippen LogP contribution is -2.25. The second-order valence-corrected chi connectivity index (χ2v) is 6.64. The van der Waals surface area contributed by atoms with Gasteiger partial charge in [0, 0.05) is 36.4 Å². The number of nitrogens with zero attached hydrogens (tertiary/aromatic N) is 1. The van der Waals surface area contributed by atoms with Crippen molar-refractivity contribution in [3.8, 4) is 0 Å². The summed E-state index contributed by atoms with van der Waals surface area (Å²) in [6.07, 6.45) is 4.39. The number of rotatable bonds is 7. The summed E-state index contributed by atoms with van der Waals surface area (Å²) in [6.45, 7) is 1.28. The number of nitrogens with one attached hydrogen (secondary N) is 3. The Balaban J connectivity index is 1.28. The predicted molar refractivity (Wildman–Crippen MR) is 112 cm³/mol. The van der Waals surface area contributed by atoms with Gasteiger partial charge >= 0.3 is 0 Å². The average Bonchev–Trinajstić information content (AvgIpc) is 3.16. The Labute approximate surface area is 163 Å². The molecule has 4 rings (SSSR count). The van der Waals surface area contributed by atoms with Crippen molar-refractivity contribution < 1.29 is 4.79 Å². The van der Waals surface area contributed by atoms with Gasteiger partial charge in [0.1, 0.15) is 5.82 Å². The topological polar surface area (TPSA) is 69.8 Å². The van der Waals surface area contributed by atoms with E-state index < -0.39 is 0 Å². The third-order valence-electron chi connectivity index (χ3n) is 4.70. The number of anilines is 1. The molecule has 0 aliphatic carbocycles. The summed E-state index contributed by atoms with van der Waals surface area (Å²) in [5.41, 5.74) is 4.06. The number of benzene rings is 2. The molecule has 0 spiro atoms. The second kappa shape index (κ2) is 8.39. The standard InChI is InChI=1S/C23H22N4O/c28-23(24-13-12-18-15-25-21-9-5-4-8-20(18)21)19-10-11-22(27-16-19)26-14-17-6-2-1-3-7-17/h1-11,15-16,25H,12-14H2,(H,24,28)(H,26,27). The van der Waals surface area contributed by atoms with Crippen LogP contribution < -0.4 is 10.6 Å². The zero-order chi connectivity index (χ0) is 19.2. The fourth-order valence-corrected chi connectivity index (χ4v) is 3.17. The first-order valence-corrected chi connectivity index (χ1v) is 9.36. The van der Waals surface area contributed by atoms with Gasteiger partial charge in [-0.15, -0.1) is 0 Å². The molecule has 0 bridgehead atoms. The van der Waals surface area contributed by atoms with Crippen LogP contribution in [0.15, 0.2) is 79.1 Å².